The minimum absolute atomic E-state index is 0.584. The van der Waals surface area contributed by atoms with Gasteiger partial charge in [0, 0.05) is 18.5 Å². The van der Waals surface area contributed by atoms with Gasteiger partial charge >= 0.3 is 0 Å². The van der Waals surface area contributed by atoms with E-state index in [0.717, 1.165) is 24.5 Å². The van der Waals surface area contributed by atoms with E-state index >= 15 is 0 Å². The number of aromatic nitrogens is 2. The summed E-state index contributed by atoms with van der Waals surface area (Å²) in [4.78, 5) is 0. The molecule has 2 unspecified atom stereocenters. The molecular weight excluding hydrogens is 234 g/mol. The van der Waals surface area contributed by atoms with E-state index in [-0.39, 0.29) is 0 Å². The number of hydrogen-bond acceptors (Lipinski definition) is 2. The van der Waals surface area contributed by atoms with E-state index in [1.807, 2.05) is 0 Å². The van der Waals surface area contributed by atoms with Crippen molar-refractivity contribution in [2.45, 2.75) is 58.0 Å². The lowest BCUT2D eigenvalue weighted by Gasteiger charge is -2.14. The quantitative estimate of drug-likeness (QED) is 0.876. The van der Waals surface area contributed by atoms with Gasteiger partial charge in [-0.05, 0) is 32.2 Å². The molecule has 17 heavy (non-hydrogen) atoms. The summed E-state index contributed by atoms with van der Waals surface area (Å²) < 4.78 is 2.10. The van der Waals surface area contributed by atoms with Crippen LogP contribution in [0.1, 0.15) is 51.1 Å². The number of aryl methyl sites for hydroxylation is 1. The molecule has 1 N–H and O–H groups in total. The predicted octanol–water partition coefficient (Wildman–Crippen LogP) is 3.19. The lowest BCUT2D eigenvalue weighted by atomic mass is 10.0. The van der Waals surface area contributed by atoms with Gasteiger partial charge in [0.05, 0.1) is 16.9 Å². The third-order valence-corrected chi connectivity index (χ3v) is 3.87. The molecule has 1 fully saturated rings. The van der Waals surface area contributed by atoms with Crippen LogP contribution in [-0.4, -0.2) is 22.4 Å². The molecule has 0 aromatic carbocycles. The van der Waals surface area contributed by atoms with Crippen molar-refractivity contribution in [2.75, 3.05) is 6.54 Å². The zero-order valence-electron chi connectivity index (χ0n) is 10.7. The highest BCUT2D eigenvalue weighted by atomic mass is 35.5. The van der Waals surface area contributed by atoms with Crippen molar-refractivity contribution in [2.24, 2.45) is 0 Å². The average Bonchev–Trinajstić information content (AvgIpc) is 2.87. The largest absolute Gasteiger partial charge is 0.314 e. The minimum Gasteiger partial charge on any atom is -0.314 e. The van der Waals surface area contributed by atoms with E-state index in [2.05, 4.69) is 28.9 Å². The van der Waals surface area contributed by atoms with Crippen LogP contribution in [0.5, 0.6) is 0 Å². The van der Waals surface area contributed by atoms with Crippen molar-refractivity contribution in [3.8, 4) is 0 Å². The number of halogens is 1. The smallest absolute Gasteiger partial charge is 0.0820 e. The summed E-state index contributed by atoms with van der Waals surface area (Å²) in [7, 11) is 0. The molecule has 0 radical (unpaired) electrons. The Morgan fingerprint density at radius 2 is 2.29 bits per heavy atom. The molecule has 2 atom stereocenters. The van der Waals surface area contributed by atoms with E-state index in [9.17, 15) is 0 Å². The first-order valence-corrected chi connectivity index (χ1v) is 7.08. The fraction of sp³-hybridized carbons (Fsp3) is 0.769. The summed E-state index contributed by atoms with van der Waals surface area (Å²) in [5.41, 5.74) is 1.26. The molecule has 1 aromatic heterocycles. The minimum atomic E-state index is 0.584. The van der Waals surface area contributed by atoms with E-state index < -0.39 is 0 Å². The molecule has 1 aliphatic rings. The summed E-state index contributed by atoms with van der Waals surface area (Å²) >= 11 is 6.28. The average molecular weight is 256 g/mol. The lowest BCUT2D eigenvalue weighted by molar-refractivity contribution is 0.511. The van der Waals surface area contributed by atoms with Crippen LogP contribution in [-0.2, 0) is 6.54 Å². The molecule has 2 rings (SSSR count). The summed E-state index contributed by atoms with van der Waals surface area (Å²) in [6.45, 7) is 6.38. The lowest BCUT2D eigenvalue weighted by Crippen LogP contribution is -2.25. The van der Waals surface area contributed by atoms with Gasteiger partial charge in [0.15, 0.2) is 0 Å². The molecular formula is C13H22ClN3. The Balaban J connectivity index is 2.09. The first-order chi connectivity index (χ1) is 8.26. The van der Waals surface area contributed by atoms with Crippen molar-refractivity contribution in [1.82, 2.24) is 15.1 Å². The number of hydrogen-bond donors (Lipinski definition) is 1. The SMILES string of the molecule is CCCn1ncc(Cl)c1C1CCC(NCC)C1. The van der Waals surface area contributed by atoms with Crippen LogP contribution < -0.4 is 5.32 Å². The fourth-order valence-electron chi connectivity index (χ4n) is 2.87. The molecule has 1 aromatic rings. The summed E-state index contributed by atoms with van der Waals surface area (Å²) in [6.07, 6.45) is 6.59. The van der Waals surface area contributed by atoms with Gasteiger partial charge in [-0.25, -0.2) is 0 Å². The van der Waals surface area contributed by atoms with Crippen molar-refractivity contribution in [3.05, 3.63) is 16.9 Å². The van der Waals surface area contributed by atoms with Crippen LogP contribution in [0.3, 0.4) is 0 Å². The molecule has 0 spiro atoms. The van der Waals surface area contributed by atoms with Crippen molar-refractivity contribution >= 4 is 11.6 Å². The second-order valence-electron chi connectivity index (χ2n) is 4.87. The third-order valence-electron chi connectivity index (χ3n) is 3.58. The maximum absolute atomic E-state index is 6.28. The van der Waals surface area contributed by atoms with Gasteiger partial charge in [-0.2, -0.15) is 5.10 Å². The second kappa shape index (κ2) is 5.87. The Kier molecular flexibility index (Phi) is 4.46. The summed E-state index contributed by atoms with van der Waals surface area (Å²) in [6, 6.07) is 0.658. The van der Waals surface area contributed by atoms with Gasteiger partial charge in [0.1, 0.15) is 0 Å². The van der Waals surface area contributed by atoms with Crippen molar-refractivity contribution < 1.29 is 0 Å². The van der Waals surface area contributed by atoms with Crippen LogP contribution in [0.25, 0.3) is 0 Å². The topological polar surface area (TPSA) is 29.9 Å². The maximum Gasteiger partial charge on any atom is 0.0820 e. The summed E-state index contributed by atoms with van der Waals surface area (Å²) in [5.74, 6) is 0.584. The molecule has 96 valence electrons. The van der Waals surface area contributed by atoms with Crippen molar-refractivity contribution in [3.63, 3.8) is 0 Å². The number of nitrogens with one attached hydrogen (secondary N) is 1. The van der Waals surface area contributed by atoms with Crippen molar-refractivity contribution in [1.29, 1.82) is 0 Å². The monoisotopic (exact) mass is 255 g/mol. The first-order valence-electron chi connectivity index (χ1n) is 6.70. The maximum atomic E-state index is 6.28. The zero-order chi connectivity index (χ0) is 12.3. The Hall–Kier alpha value is -0.540. The molecule has 0 amide bonds. The number of nitrogens with zero attached hydrogens (tertiary/aromatic N) is 2. The van der Waals surface area contributed by atoms with Crippen LogP contribution >= 0.6 is 11.6 Å². The second-order valence-corrected chi connectivity index (χ2v) is 5.27. The van der Waals surface area contributed by atoms with E-state index in [1.165, 1.54) is 25.0 Å². The molecule has 0 aliphatic heterocycles. The standard InChI is InChI=1S/C13H22ClN3/c1-3-7-17-13(12(14)9-16-17)10-5-6-11(8-10)15-4-2/h9-11,15H,3-8H2,1-2H3. The molecule has 1 aliphatic carbocycles. The highest BCUT2D eigenvalue weighted by Crippen LogP contribution is 2.37. The molecule has 1 heterocycles. The van der Waals surface area contributed by atoms with Crippen LogP contribution in [0.4, 0.5) is 0 Å². The van der Waals surface area contributed by atoms with E-state index in [0.29, 0.717) is 12.0 Å². The zero-order valence-corrected chi connectivity index (χ0v) is 11.5. The molecule has 3 nitrogen and oxygen atoms in total. The number of rotatable bonds is 5. The molecule has 1 saturated carbocycles. The Morgan fingerprint density at radius 1 is 1.47 bits per heavy atom. The summed E-state index contributed by atoms with van der Waals surface area (Å²) in [5, 5.41) is 8.77. The van der Waals surface area contributed by atoms with Crippen LogP contribution in [0.2, 0.25) is 5.02 Å². The van der Waals surface area contributed by atoms with Gasteiger partial charge in [0.2, 0.25) is 0 Å². The highest BCUT2D eigenvalue weighted by molar-refractivity contribution is 6.31. The fourth-order valence-corrected chi connectivity index (χ4v) is 3.17. The van der Waals surface area contributed by atoms with Crippen LogP contribution in [0, 0.1) is 0 Å². The molecule has 0 saturated heterocycles. The third kappa shape index (κ3) is 2.83. The van der Waals surface area contributed by atoms with Gasteiger partial charge < -0.3 is 5.32 Å². The normalized spacial score (nSPS) is 24.4. The van der Waals surface area contributed by atoms with Gasteiger partial charge in [-0.1, -0.05) is 25.4 Å². The van der Waals surface area contributed by atoms with Gasteiger partial charge in [-0.15, -0.1) is 0 Å². The molecule has 4 heteroatoms. The van der Waals surface area contributed by atoms with Gasteiger partial charge in [0.25, 0.3) is 0 Å². The van der Waals surface area contributed by atoms with E-state index in [4.69, 9.17) is 11.6 Å². The van der Waals surface area contributed by atoms with Crippen LogP contribution in [0.15, 0.2) is 6.20 Å². The predicted molar refractivity (Wildman–Crippen MR) is 71.6 cm³/mol. The van der Waals surface area contributed by atoms with E-state index in [1.54, 1.807) is 6.20 Å². The molecule has 0 bridgehead atoms. The van der Waals surface area contributed by atoms with Gasteiger partial charge in [-0.3, -0.25) is 4.68 Å². The Labute approximate surface area is 109 Å². The highest BCUT2D eigenvalue weighted by Gasteiger charge is 2.29. The Bertz CT molecular complexity index is 362. The Morgan fingerprint density at radius 3 is 3.00 bits per heavy atom. The first kappa shape index (κ1) is 12.9.